The molecule has 0 aromatic carbocycles. The van der Waals surface area contributed by atoms with Crippen LogP contribution in [0, 0.1) is 17.8 Å². The van der Waals surface area contributed by atoms with Gasteiger partial charge in [0, 0.05) is 0 Å². The van der Waals surface area contributed by atoms with E-state index in [1.807, 2.05) is 0 Å². The molecule has 4 bridgehead atoms. The first-order valence-corrected chi connectivity index (χ1v) is 6.93. The van der Waals surface area contributed by atoms with Crippen LogP contribution in [-0.4, -0.2) is 17.5 Å². The van der Waals surface area contributed by atoms with Crippen LogP contribution in [0.25, 0.3) is 0 Å². The number of alkyl halides is 2. The van der Waals surface area contributed by atoms with Gasteiger partial charge in [0.2, 0.25) is 0 Å². The number of carbonyl (C=O) groups excluding carboxylic acids is 1. The van der Waals surface area contributed by atoms with Gasteiger partial charge in [0.25, 0.3) is 5.92 Å². The Kier molecular flexibility index (Phi) is 2.69. The van der Waals surface area contributed by atoms with Crippen LogP contribution in [0.4, 0.5) is 8.78 Å². The average molecular weight is 258 g/mol. The molecular formula is C14H20F2O2. The zero-order valence-corrected chi connectivity index (χ0v) is 10.8. The zero-order chi connectivity index (χ0) is 13.0. The summed E-state index contributed by atoms with van der Waals surface area (Å²) in [4.78, 5) is 11.6. The maximum absolute atomic E-state index is 12.8. The van der Waals surface area contributed by atoms with Gasteiger partial charge in [-0.2, -0.15) is 0 Å². The number of rotatable bonds is 3. The predicted octanol–water partition coefficient (Wildman–Crippen LogP) is 3.54. The average Bonchev–Trinajstić information content (AvgIpc) is 2.09. The molecule has 0 radical (unpaired) electrons. The summed E-state index contributed by atoms with van der Waals surface area (Å²) in [6, 6.07) is 0. The van der Waals surface area contributed by atoms with Crippen LogP contribution in [0.15, 0.2) is 0 Å². The monoisotopic (exact) mass is 258 g/mol. The van der Waals surface area contributed by atoms with Crippen molar-refractivity contribution in [1.29, 1.82) is 0 Å². The molecule has 4 rings (SSSR count). The molecule has 2 nitrogen and oxygen atoms in total. The minimum Gasteiger partial charge on any atom is -0.459 e. The number of carbonyl (C=O) groups is 1. The van der Waals surface area contributed by atoms with E-state index in [2.05, 4.69) is 0 Å². The maximum atomic E-state index is 12.8. The number of halogens is 2. The standard InChI is InChI=1S/C14H20F2O2/c1-13(15,16)8-12(17)18-14-5-9-2-10(6-14)4-11(3-9)7-14/h9-11H,2-8H2,1H3. The highest BCUT2D eigenvalue weighted by molar-refractivity contribution is 5.71. The first-order valence-electron chi connectivity index (χ1n) is 6.93. The van der Waals surface area contributed by atoms with Crippen LogP contribution < -0.4 is 0 Å². The highest BCUT2D eigenvalue weighted by atomic mass is 19.3. The van der Waals surface area contributed by atoms with Crippen molar-refractivity contribution in [3.63, 3.8) is 0 Å². The normalized spacial score (nSPS) is 42.1. The van der Waals surface area contributed by atoms with Crippen molar-refractivity contribution < 1.29 is 18.3 Å². The Morgan fingerprint density at radius 2 is 1.61 bits per heavy atom. The molecule has 0 unspecified atom stereocenters. The van der Waals surface area contributed by atoms with Gasteiger partial charge in [-0.1, -0.05) is 0 Å². The van der Waals surface area contributed by atoms with Crippen molar-refractivity contribution in [2.45, 2.75) is 63.4 Å². The van der Waals surface area contributed by atoms with E-state index in [0.29, 0.717) is 17.8 Å². The Hall–Kier alpha value is -0.670. The molecular weight excluding hydrogens is 238 g/mol. The van der Waals surface area contributed by atoms with Crippen molar-refractivity contribution in [3.8, 4) is 0 Å². The molecule has 4 saturated carbocycles. The highest BCUT2D eigenvalue weighted by Gasteiger charge is 2.53. The molecule has 0 N–H and O–H groups in total. The third-order valence-electron chi connectivity index (χ3n) is 4.77. The van der Waals surface area contributed by atoms with Gasteiger partial charge in [-0.25, -0.2) is 8.78 Å². The van der Waals surface area contributed by atoms with E-state index in [1.54, 1.807) is 0 Å². The largest absolute Gasteiger partial charge is 0.459 e. The Morgan fingerprint density at radius 1 is 1.17 bits per heavy atom. The third-order valence-corrected chi connectivity index (χ3v) is 4.77. The molecule has 0 spiro atoms. The SMILES string of the molecule is CC(F)(F)CC(=O)OC12CC3CC(CC(C3)C1)C2. The van der Waals surface area contributed by atoms with Gasteiger partial charge in [-0.3, -0.25) is 4.79 Å². The molecule has 0 aromatic heterocycles. The van der Waals surface area contributed by atoms with Crippen LogP contribution in [0.3, 0.4) is 0 Å². The van der Waals surface area contributed by atoms with Crippen LogP contribution in [0.1, 0.15) is 51.9 Å². The Bertz CT molecular complexity index is 324. The molecule has 4 aliphatic carbocycles. The molecule has 4 heteroatoms. The zero-order valence-electron chi connectivity index (χ0n) is 10.8. The van der Waals surface area contributed by atoms with E-state index in [-0.39, 0.29) is 0 Å². The second kappa shape index (κ2) is 3.91. The smallest absolute Gasteiger partial charge is 0.312 e. The molecule has 0 aromatic rings. The summed E-state index contributed by atoms with van der Waals surface area (Å²) >= 11 is 0. The van der Waals surface area contributed by atoms with Crippen molar-refractivity contribution in [3.05, 3.63) is 0 Å². The first-order chi connectivity index (χ1) is 8.34. The lowest BCUT2D eigenvalue weighted by Crippen LogP contribution is -2.53. The molecule has 4 aliphatic rings. The van der Waals surface area contributed by atoms with Gasteiger partial charge in [-0.05, 0) is 63.2 Å². The van der Waals surface area contributed by atoms with Gasteiger partial charge >= 0.3 is 5.97 Å². The summed E-state index contributed by atoms with van der Waals surface area (Å²) in [5.41, 5.74) is -0.392. The van der Waals surface area contributed by atoms with Gasteiger partial charge in [0.1, 0.15) is 12.0 Å². The van der Waals surface area contributed by atoms with E-state index in [4.69, 9.17) is 4.74 Å². The number of hydrogen-bond acceptors (Lipinski definition) is 2. The lowest BCUT2D eigenvalue weighted by molar-refractivity contribution is -0.191. The van der Waals surface area contributed by atoms with E-state index < -0.39 is 23.9 Å². The topological polar surface area (TPSA) is 26.3 Å². The number of hydrogen-bond donors (Lipinski definition) is 0. The summed E-state index contributed by atoms with van der Waals surface area (Å²) in [5.74, 6) is -1.70. The highest BCUT2D eigenvalue weighted by Crippen LogP contribution is 2.57. The molecule has 0 aliphatic heterocycles. The van der Waals surface area contributed by atoms with E-state index in [9.17, 15) is 13.6 Å². The summed E-state index contributed by atoms with van der Waals surface area (Å²) in [6.07, 6.45) is 5.68. The summed E-state index contributed by atoms with van der Waals surface area (Å²) in [7, 11) is 0. The predicted molar refractivity (Wildman–Crippen MR) is 62.2 cm³/mol. The summed E-state index contributed by atoms with van der Waals surface area (Å²) in [5, 5.41) is 0. The second-order valence-electron chi connectivity index (χ2n) is 6.82. The lowest BCUT2D eigenvalue weighted by atomic mass is 9.54. The molecule has 0 atom stereocenters. The van der Waals surface area contributed by atoms with Crippen molar-refractivity contribution in [2.24, 2.45) is 17.8 Å². The molecule has 0 saturated heterocycles. The Labute approximate surface area is 106 Å². The minimum absolute atomic E-state index is 0.392. The van der Waals surface area contributed by atoms with Crippen LogP contribution in [-0.2, 0) is 9.53 Å². The fraction of sp³-hybridized carbons (Fsp3) is 0.929. The van der Waals surface area contributed by atoms with Crippen LogP contribution >= 0.6 is 0 Å². The van der Waals surface area contributed by atoms with Crippen LogP contribution in [0.2, 0.25) is 0 Å². The van der Waals surface area contributed by atoms with Crippen molar-refractivity contribution in [1.82, 2.24) is 0 Å². The second-order valence-corrected chi connectivity index (χ2v) is 6.82. The molecule has 102 valence electrons. The molecule has 0 amide bonds. The Morgan fingerprint density at radius 3 is 2.00 bits per heavy atom. The van der Waals surface area contributed by atoms with Gasteiger partial charge in [-0.15, -0.1) is 0 Å². The third kappa shape index (κ3) is 2.39. The van der Waals surface area contributed by atoms with E-state index in [1.165, 1.54) is 19.3 Å². The fourth-order valence-corrected chi connectivity index (χ4v) is 4.69. The molecule has 0 heterocycles. The number of ether oxygens (including phenoxy) is 1. The molecule has 4 fully saturated rings. The number of esters is 1. The summed E-state index contributed by atoms with van der Waals surface area (Å²) < 4.78 is 31.2. The van der Waals surface area contributed by atoms with E-state index >= 15 is 0 Å². The van der Waals surface area contributed by atoms with Crippen LogP contribution in [0.5, 0.6) is 0 Å². The minimum atomic E-state index is -2.96. The maximum Gasteiger partial charge on any atom is 0.312 e. The Balaban J connectivity index is 1.67. The van der Waals surface area contributed by atoms with Gasteiger partial charge < -0.3 is 4.74 Å². The fourth-order valence-electron chi connectivity index (χ4n) is 4.69. The van der Waals surface area contributed by atoms with Crippen molar-refractivity contribution in [2.75, 3.05) is 0 Å². The van der Waals surface area contributed by atoms with Crippen molar-refractivity contribution >= 4 is 5.97 Å². The molecule has 18 heavy (non-hydrogen) atoms. The van der Waals surface area contributed by atoms with Gasteiger partial charge in [0.15, 0.2) is 0 Å². The lowest BCUT2D eigenvalue weighted by Gasteiger charge is -2.55. The van der Waals surface area contributed by atoms with E-state index in [0.717, 1.165) is 26.2 Å². The first kappa shape index (κ1) is 12.4. The van der Waals surface area contributed by atoms with Gasteiger partial charge in [0.05, 0.1) is 0 Å². The summed E-state index contributed by atoms with van der Waals surface area (Å²) in [6.45, 7) is 0.772. The quantitative estimate of drug-likeness (QED) is 0.724.